The molecular formula is C16H21N5O. The van der Waals surface area contributed by atoms with Crippen molar-refractivity contribution in [2.45, 2.75) is 33.2 Å². The lowest BCUT2D eigenvalue weighted by molar-refractivity contribution is -0.127. The van der Waals surface area contributed by atoms with Crippen molar-refractivity contribution >= 4 is 5.91 Å². The largest absolute Gasteiger partial charge is 0.343 e. The van der Waals surface area contributed by atoms with Gasteiger partial charge in [-0.15, -0.1) is 0 Å². The molecule has 3 rings (SSSR count). The molecule has 1 aliphatic heterocycles. The van der Waals surface area contributed by atoms with Gasteiger partial charge in [-0.25, -0.2) is 9.97 Å². The third-order valence-corrected chi connectivity index (χ3v) is 4.23. The van der Waals surface area contributed by atoms with E-state index in [9.17, 15) is 4.79 Å². The molecule has 0 saturated carbocycles. The lowest BCUT2D eigenvalue weighted by Crippen LogP contribution is -2.26. The lowest BCUT2D eigenvalue weighted by atomic mass is 10.0. The zero-order valence-corrected chi connectivity index (χ0v) is 13.1. The molecule has 0 aromatic carbocycles. The summed E-state index contributed by atoms with van der Waals surface area (Å²) in [6.07, 6.45) is 5.35. The highest BCUT2D eigenvalue weighted by atomic mass is 16.2. The Hall–Kier alpha value is -2.24. The summed E-state index contributed by atoms with van der Waals surface area (Å²) < 4.78 is 1.93. The van der Waals surface area contributed by atoms with E-state index >= 15 is 0 Å². The number of hydrogen-bond acceptors (Lipinski definition) is 4. The molecule has 1 amide bonds. The van der Waals surface area contributed by atoms with Crippen molar-refractivity contribution in [3.63, 3.8) is 0 Å². The fourth-order valence-corrected chi connectivity index (χ4v) is 3.03. The molecule has 1 atom stereocenters. The molecule has 1 saturated heterocycles. The molecule has 2 aromatic heterocycles. The molecule has 1 fully saturated rings. The predicted molar refractivity (Wildman–Crippen MR) is 83.0 cm³/mol. The second kappa shape index (κ2) is 6.25. The van der Waals surface area contributed by atoms with Gasteiger partial charge < -0.3 is 4.90 Å². The molecule has 0 aliphatic carbocycles. The summed E-state index contributed by atoms with van der Waals surface area (Å²) in [6.45, 7) is 6.21. The van der Waals surface area contributed by atoms with Crippen LogP contribution in [0.4, 0.5) is 0 Å². The minimum atomic E-state index is 0.165. The highest BCUT2D eigenvalue weighted by Gasteiger charge is 2.24. The molecular weight excluding hydrogens is 278 g/mol. The van der Waals surface area contributed by atoms with E-state index < -0.39 is 0 Å². The van der Waals surface area contributed by atoms with Crippen molar-refractivity contribution in [3.8, 4) is 11.4 Å². The Morgan fingerprint density at radius 3 is 3.00 bits per heavy atom. The first-order valence-electron chi connectivity index (χ1n) is 7.76. The van der Waals surface area contributed by atoms with Crippen LogP contribution in [0.5, 0.6) is 0 Å². The van der Waals surface area contributed by atoms with E-state index in [0.717, 1.165) is 49.6 Å². The van der Waals surface area contributed by atoms with Gasteiger partial charge in [-0.1, -0.05) is 0 Å². The SMILES string of the molecule is CCn1nccc1-c1cc(CC2CCN(C(C)=O)C2)ncn1. The Bertz CT molecular complexity index is 666. The first-order chi connectivity index (χ1) is 10.7. The van der Waals surface area contributed by atoms with Crippen LogP contribution >= 0.6 is 0 Å². The van der Waals surface area contributed by atoms with Crippen molar-refractivity contribution in [2.75, 3.05) is 13.1 Å². The summed E-state index contributed by atoms with van der Waals surface area (Å²) in [6, 6.07) is 4.02. The minimum absolute atomic E-state index is 0.165. The third-order valence-electron chi connectivity index (χ3n) is 4.23. The molecule has 3 heterocycles. The Morgan fingerprint density at radius 2 is 2.27 bits per heavy atom. The average Bonchev–Trinajstić information content (AvgIpc) is 3.16. The number of aromatic nitrogens is 4. The lowest BCUT2D eigenvalue weighted by Gasteiger charge is -2.13. The van der Waals surface area contributed by atoms with E-state index in [1.165, 1.54) is 0 Å². The summed E-state index contributed by atoms with van der Waals surface area (Å²) in [7, 11) is 0. The number of rotatable bonds is 4. The monoisotopic (exact) mass is 299 g/mol. The van der Waals surface area contributed by atoms with Crippen LogP contribution in [0.1, 0.15) is 26.0 Å². The van der Waals surface area contributed by atoms with Crippen LogP contribution in [0.2, 0.25) is 0 Å². The van der Waals surface area contributed by atoms with E-state index in [1.807, 2.05) is 21.7 Å². The minimum Gasteiger partial charge on any atom is -0.343 e. The van der Waals surface area contributed by atoms with Crippen LogP contribution in [0.15, 0.2) is 24.7 Å². The van der Waals surface area contributed by atoms with Crippen LogP contribution < -0.4 is 0 Å². The van der Waals surface area contributed by atoms with E-state index in [1.54, 1.807) is 19.4 Å². The van der Waals surface area contributed by atoms with Gasteiger partial charge in [0.2, 0.25) is 5.91 Å². The van der Waals surface area contributed by atoms with E-state index in [4.69, 9.17) is 0 Å². The fourth-order valence-electron chi connectivity index (χ4n) is 3.03. The van der Waals surface area contributed by atoms with Gasteiger partial charge in [0.05, 0.1) is 11.4 Å². The standard InChI is InChI=1S/C16H21N5O/c1-3-21-16(4-6-19-21)15-9-14(17-11-18-15)8-13-5-7-20(10-13)12(2)22/h4,6,9,11,13H,3,5,7-8,10H2,1-2H3. The molecule has 2 aromatic rings. The first-order valence-corrected chi connectivity index (χ1v) is 7.76. The number of hydrogen-bond donors (Lipinski definition) is 0. The molecule has 0 N–H and O–H groups in total. The zero-order chi connectivity index (χ0) is 15.5. The van der Waals surface area contributed by atoms with Crippen molar-refractivity contribution in [3.05, 3.63) is 30.4 Å². The van der Waals surface area contributed by atoms with Crippen LogP contribution in [0.3, 0.4) is 0 Å². The van der Waals surface area contributed by atoms with Crippen LogP contribution in [-0.2, 0) is 17.8 Å². The summed E-state index contributed by atoms with van der Waals surface area (Å²) in [5, 5.41) is 4.29. The van der Waals surface area contributed by atoms with E-state index in [0.29, 0.717) is 5.92 Å². The molecule has 0 radical (unpaired) electrons. The maximum atomic E-state index is 11.4. The average molecular weight is 299 g/mol. The van der Waals surface area contributed by atoms with E-state index in [2.05, 4.69) is 22.0 Å². The molecule has 1 aliphatic rings. The van der Waals surface area contributed by atoms with Gasteiger partial charge in [0.25, 0.3) is 0 Å². The van der Waals surface area contributed by atoms with Gasteiger partial charge in [-0.3, -0.25) is 9.48 Å². The number of nitrogens with zero attached hydrogens (tertiary/aromatic N) is 5. The van der Waals surface area contributed by atoms with Gasteiger partial charge in [0, 0.05) is 38.4 Å². The summed E-state index contributed by atoms with van der Waals surface area (Å²) in [5.41, 5.74) is 2.96. The Kier molecular flexibility index (Phi) is 4.18. The molecule has 6 heteroatoms. The number of likely N-dealkylation sites (tertiary alicyclic amines) is 1. The normalized spacial score (nSPS) is 17.9. The molecule has 0 spiro atoms. The number of aryl methyl sites for hydroxylation is 1. The zero-order valence-electron chi connectivity index (χ0n) is 13.1. The van der Waals surface area contributed by atoms with Crippen molar-refractivity contribution in [1.82, 2.24) is 24.6 Å². The van der Waals surface area contributed by atoms with Gasteiger partial charge in [0.1, 0.15) is 6.33 Å². The third kappa shape index (κ3) is 3.00. The molecule has 22 heavy (non-hydrogen) atoms. The highest BCUT2D eigenvalue weighted by Crippen LogP contribution is 2.22. The Balaban J connectivity index is 1.74. The van der Waals surface area contributed by atoms with Gasteiger partial charge in [-0.05, 0) is 37.8 Å². The van der Waals surface area contributed by atoms with Gasteiger partial charge in [-0.2, -0.15) is 5.10 Å². The van der Waals surface area contributed by atoms with Crippen molar-refractivity contribution < 1.29 is 4.79 Å². The Labute approximate surface area is 130 Å². The maximum absolute atomic E-state index is 11.4. The maximum Gasteiger partial charge on any atom is 0.219 e. The second-order valence-corrected chi connectivity index (χ2v) is 5.75. The van der Waals surface area contributed by atoms with Crippen molar-refractivity contribution in [1.29, 1.82) is 0 Å². The second-order valence-electron chi connectivity index (χ2n) is 5.75. The number of carbonyl (C=O) groups is 1. The smallest absolute Gasteiger partial charge is 0.219 e. The number of amides is 1. The molecule has 0 bridgehead atoms. The van der Waals surface area contributed by atoms with Crippen molar-refractivity contribution in [2.24, 2.45) is 5.92 Å². The van der Waals surface area contributed by atoms with Crippen LogP contribution in [0.25, 0.3) is 11.4 Å². The number of carbonyl (C=O) groups excluding carboxylic acids is 1. The summed E-state index contributed by atoms with van der Waals surface area (Å²) >= 11 is 0. The molecule has 1 unspecified atom stereocenters. The summed E-state index contributed by atoms with van der Waals surface area (Å²) in [4.78, 5) is 22.1. The topological polar surface area (TPSA) is 63.9 Å². The van der Waals surface area contributed by atoms with Crippen LogP contribution in [0, 0.1) is 5.92 Å². The Morgan fingerprint density at radius 1 is 1.41 bits per heavy atom. The molecule has 116 valence electrons. The van der Waals surface area contributed by atoms with Crippen LogP contribution in [-0.4, -0.2) is 43.6 Å². The predicted octanol–water partition coefficient (Wildman–Crippen LogP) is 1.77. The van der Waals surface area contributed by atoms with Gasteiger partial charge >= 0.3 is 0 Å². The van der Waals surface area contributed by atoms with E-state index in [-0.39, 0.29) is 5.91 Å². The quantitative estimate of drug-likeness (QED) is 0.863. The highest BCUT2D eigenvalue weighted by molar-refractivity contribution is 5.73. The molecule has 6 nitrogen and oxygen atoms in total. The van der Waals surface area contributed by atoms with Gasteiger partial charge in [0.15, 0.2) is 0 Å². The summed E-state index contributed by atoms with van der Waals surface area (Å²) in [5.74, 6) is 0.653. The first kappa shape index (κ1) is 14.7. The fraction of sp³-hybridized carbons (Fsp3) is 0.500.